The number of sulfonamides is 2. The molecule has 0 amide bonds. The second-order valence-corrected chi connectivity index (χ2v) is 9.07. The average molecular weight is 386 g/mol. The van der Waals surface area contributed by atoms with Crippen molar-refractivity contribution >= 4 is 20.0 Å². The Bertz CT molecular complexity index is 885. The second-order valence-electron chi connectivity index (χ2n) is 5.42. The van der Waals surface area contributed by atoms with Crippen molar-refractivity contribution in [3.63, 3.8) is 0 Å². The van der Waals surface area contributed by atoms with Crippen LogP contribution in [0.3, 0.4) is 0 Å². The van der Waals surface area contributed by atoms with E-state index in [0.29, 0.717) is 18.8 Å². The van der Waals surface area contributed by atoms with Gasteiger partial charge in [-0.25, -0.2) is 21.6 Å². The molecule has 0 aliphatic heterocycles. The Morgan fingerprint density at radius 1 is 1.00 bits per heavy atom. The van der Waals surface area contributed by atoms with Crippen LogP contribution >= 0.6 is 0 Å². The van der Waals surface area contributed by atoms with Crippen LogP contribution in [-0.2, 0) is 20.0 Å². The molecule has 2 aromatic rings. The van der Waals surface area contributed by atoms with Crippen LogP contribution in [0.5, 0.6) is 0 Å². The van der Waals surface area contributed by atoms with Gasteiger partial charge in [-0.15, -0.1) is 0 Å². The van der Waals surface area contributed by atoms with E-state index < -0.39 is 26.1 Å². The minimum Gasteiger partial charge on any atom is -0.468 e. The van der Waals surface area contributed by atoms with E-state index in [-0.39, 0.29) is 9.79 Å². The largest absolute Gasteiger partial charge is 0.468 e. The van der Waals surface area contributed by atoms with E-state index in [4.69, 9.17) is 4.42 Å². The summed E-state index contributed by atoms with van der Waals surface area (Å²) in [5, 5.41) is 0. The molecule has 0 fully saturated rings. The number of nitrogens with zero attached hydrogens (tertiary/aromatic N) is 1. The summed E-state index contributed by atoms with van der Waals surface area (Å²) in [6, 6.07) is 7.99. The Hall–Kier alpha value is -1.68. The molecule has 1 aromatic heterocycles. The third-order valence-corrected chi connectivity index (χ3v) is 7.40. The van der Waals surface area contributed by atoms with Crippen LogP contribution in [0, 0.1) is 0 Å². The lowest BCUT2D eigenvalue weighted by atomic mass is 10.3. The topological polar surface area (TPSA) is 96.7 Å². The van der Waals surface area contributed by atoms with Gasteiger partial charge in [-0.3, -0.25) is 0 Å². The molecule has 9 heteroatoms. The maximum absolute atomic E-state index is 12.4. The summed E-state index contributed by atoms with van der Waals surface area (Å²) in [6.07, 6.45) is 1.47. The molecule has 0 unspecified atom stereocenters. The fourth-order valence-corrected chi connectivity index (χ4v) is 5.07. The van der Waals surface area contributed by atoms with Gasteiger partial charge < -0.3 is 4.42 Å². The number of hydrogen-bond donors (Lipinski definition) is 1. The Kier molecular flexibility index (Phi) is 6.04. The summed E-state index contributed by atoms with van der Waals surface area (Å²) < 4.78 is 58.7. The highest BCUT2D eigenvalue weighted by Gasteiger charge is 2.24. The molecule has 2 rings (SSSR count). The van der Waals surface area contributed by atoms with Gasteiger partial charge in [0.2, 0.25) is 20.0 Å². The fraction of sp³-hybridized carbons (Fsp3) is 0.375. The van der Waals surface area contributed by atoms with Gasteiger partial charge >= 0.3 is 0 Å². The van der Waals surface area contributed by atoms with Crippen molar-refractivity contribution in [2.24, 2.45) is 0 Å². The normalized spacial score (nSPS) is 13.9. The Labute approximate surface area is 148 Å². The number of hydrogen-bond acceptors (Lipinski definition) is 5. The van der Waals surface area contributed by atoms with Gasteiger partial charge in [0.15, 0.2) is 0 Å². The van der Waals surface area contributed by atoms with E-state index in [0.717, 1.165) is 0 Å². The Morgan fingerprint density at radius 3 is 2.04 bits per heavy atom. The minimum atomic E-state index is -3.80. The SMILES string of the molecule is CCN(CC)S(=O)(=O)c1ccc(S(=O)(=O)N[C@@H](C)c2ccco2)cc1. The van der Waals surface area contributed by atoms with Crippen molar-refractivity contribution in [3.05, 3.63) is 48.4 Å². The van der Waals surface area contributed by atoms with Crippen LogP contribution in [0.4, 0.5) is 0 Å². The van der Waals surface area contributed by atoms with Crippen LogP contribution in [0.1, 0.15) is 32.6 Å². The second kappa shape index (κ2) is 7.69. The predicted molar refractivity (Wildman–Crippen MR) is 94.0 cm³/mol. The molecule has 0 saturated heterocycles. The molecule has 1 N–H and O–H groups in total. The lowest BCUT2D eigenvalue weighted by molar-refractivity contribution is 0.445. The van der Waals surface area contributed by atoms with Crippen molar-refractivity contribution in [1.82, 2.24) is 9.03 Å². The highest BCUT2D eigenvalue weighted by molar-refractivity contribution is 7.89. The van der Waals surface area contributed by atoms with E-state index in [1.165, 1.54) is 34.8 Å². The summed E-state index contributed by atoms with van der Waals surface area (Å²) in [6.45, 7) is 5.86. The first-order chi connectivity index (χ1) is 11.7. The van der Waals surface area contributed by atoms with Gasteiger partial charge in [0.25, 0.3) is 0 Å². The van der Waals surface area contributed by atoms with Gasteiger partial charge in [-0.1, -0.05) is 13.8 Å². The van der Waals surface area contributed by atoms with E-state index in [2.05, 4.69) is 4.72 Å². The molecule has 1 heterocycles. The zero-order valence-corrected chi connectivity index (χ0v) is 16.0. The van der Waals surface area contributed by atoms with Crippen molar-refractivity contribution in [2.45, 2.75) is 36.6 Å². The summed E-state index contributed by atoms with van der Waals surface area (Å²) in [4.78, 5) is 0.0543. The smallest absolute Gasteiger partial charge is 0.243 e. The monoisotopic (exact) mass is 386 g/mol. The highest BCUT2D eigenvalue weighted by atomic mass is 32.2. The number of benzene rings is 1. The number of nitrogens with one attached hydrogen (secondary N) is 1. The molecule has 0 saturated carbocycles. The van der Waals surface area contributed by atoms with Crippen LogP contribution in [0.25, 0.3) is 0 Å². The van der Waals surface area contributed by atoms with E-state index >= 15 is 0 Å². The van der Waals surface area contributed by atoms with E-state index in [1.807, 2.05) is 0 Å². The molecule has 25 heavy (non-hydrogen) atoms. The zero-order chi connectivity index (χ0) is 18.7. The maximum Gasteiger partial charge on any atom is 0.243 e. The lowest BCUT2D eigenvalue weighted by Gasteiger charge is -2.18. The zero-order valence-electron chi connectivity index (χ0n) is 14.3. The van der Waals surface area contributed by atoms with Crippen molar-refractivity contribution in [3.8, 4) is 0 Å². The van der Waals surface area contributed by atoms with E-state index in [9.17, 15) is 16.8 Å². The minimum absolute atomic E-state index is 0.00981. The molecule has 0 aliphatic rings. The van der Waals surface area contributed by atoms with Gasteiger partial charge in [-0.2, -0.15) is 4.31 Å². The number of rotatable bonds is 8. The van der Waals surface area contributed by atoms with Gasteiger partial charge in [0, 0.05) is 13.1 Å². The summed E-state index contributed by atoms with van der Waals surface area (Å²) >= 11 is 0. The van der Waals surface area contributed by atoms with Crippen LogP contribution in [0.15, 0.2) is 56.9 Å². The van der Waals surface area contributed by atoms with E-state index in [1.54, 1.807) is 32.9 Å². The fourth-order valence-electron chi connectivity index (χ4n) is 2.40. The molecular weight excluding hydrogens is 364 g/mol. The van der Waals surface area contributed by atoms with Crippen molar-refractivity contribution in [2.75, 3.05) is 13.1 Å². The first-order valence-corrected chi connectivity index (χ1v) is 10.8. The summed E-state index contributed by atoms with van der Waals surface area (Å²) in [7, 11) is -7.42. The van der Waals surface area contributed by atoms with Crippen molar-refractivity contribution in [1.29, 1.82) is 0 Å². The third-order valence-electron chi connectivity index (χ3n) is 3.78. The van der Waals surface area contributed by atoms with Gasteiger partial charge in [-0.05, 0) is 43.3 Å². The first kappa shape index (κ1) is 19.6. The van der Waals surface area contributed by atoms with Gasteiger partial charge in [0.1, 0.15) is 5.76 Å². The third kappa shape index (κ3) is 4.30. The molecule has 1 aromatic carbocycles. The molecular formula is C16H22N2O5S2. The van der Waals surface area contributed by atoms with Crippen molar-refractivity contribution < 1.29 is 21.3 Å². The molecule has 1 atom stereocenters. The standard InChI is InChI=1S/C16H22N2O5S2/c1-4-18(5-2)25(21,22)15-10-8-14(9-11-15)24(19,20)17-13(3)16-7-6-12-23-16/h6-13,17H,4-5H2,1-3H3/t13-/m0/s1. The first-order valence-electron chi connectivity index (χ1n) is 7.88. The molecule has 0 spiro atoms. The predicted octanol–water partition coefficient (Wildman–Crippen LogP) is 2.35. The molecule has 0 bridgehead atoms. The molecule has 7 nitrogen and oxygen atoms in total. The van der Waals surface area contributed by atoms with Crippen LogP contribution in [-0.4, -0.2) is 34.2 Å². The lowest BCUT2D eigenvalue weighted by Crippen LogP contribution is -2.30. The summed E-state index contributed by atoms with van der Waals surface area (Å²) in [5.74, 6) is 0.490. The summed E-state index contributed by atoms with van der Waals surface area (Å²) in [5.41, 5.74) is 0. The van der Waals surface area contributed by atoms with Gasteiger partial charge in [0.05, 0.1) is 22.1 Å². The Balaban J connectivity index is 2.24. The highest BCUT2D eigenvalue weighted by Crippen LogP contribution is 2.20. The molecule has 138 valence electrons. The van der Waals surface area contributed by atoms with Crippen LogP contribution in [0.2, 0.25) is 0 Å². The number of furan rings is 1. The molecule has 0 radical (unpaired) electrons. The maximum atomic E-state index is 12.4. The average Bonchev–Trinajstić information content (AvgIpc) is 3.10. The quantitative estimate of drug-likeness (QED) is 0.751. The van der Waals surface area contributed by atoms with Crippen LogP contribution < -0.4 is 4.72 Å². The Morgan fingerprint density at radius 2 is 1.56 bits per heavy atom. The molecule has 0 aliphatic carbocycles.